The normalized spacial score (nSPS) is 45.2. The highest BCUT2D eigenvalue weighted by atomic mass is 16.5. The number of benzene rings is 1. The Hall–Kier alpha value is -1.59. The van der Waals surface area contributed by atoms with Crippen LogP contribution in [0.25, 0.3) is 0 Å². The minimum absolute atomic E-state index is 0.0789. The summed E-state index contributed by atoms with van der Waals surface area (Å²) in [5, 5.41) is 22.5. The highest BCUT2D eigenvalue weighted by Crippen LogP contribution is 2.65. The number of quaternary nitrogens is 1. The van der Waals surface area contributed by atoms with Gasteiger partial charge in [-0.1, -0.05) is 6.07 Å². The van der Waals surface area contributed by atoms with Gasteiger partial charge in [0.2, 0.25) is 0 Å². The third-order valence-corrected chi connectivity index (χ3v) is 8.28. The fourth-order valence-corrected chi connectivity index (χ4v) is 6.94. The van der Waals surface area contributed by atoms with Crippen LogP contribution < -0.4 is 4.74 Å². The molecule has 1 aromatic carbocycles. The van der Waals surface area contributed by atoms with Gasteiger partial charge in [0, 0.05) is 30.7 Å². The largest absolute Gasteiger partial charge is 0.504 e. The number of likely N-dealkylation sites (N-methyl/N-ethyl adjacent to an activating group) is 1. The van der Waals surface area contributed by atoms with E-state index in [0.29, 0.717) is 18.6 Å². The van der Waals surface area contributed by atoms with Gasteiger partial charge in [-0.3, -0.25) is 4.79 Å². The Morgan fingerprint density at radius 2 is 2.12 bits per heavy atom. The molecule has 1 saturated heterocycles. The molecular weight excluding hydrogens is 330 g/mol. The van der Waals surface area contributed by atoms with Gasteiger partial charge >= 0.3 is 0 Å². The Morgan fingerprint density at radius 1 is 1.31 bits per heavy atom. The number of phenols is 1. The number of aliphatic hydroxyl groups is 1. The molecule has 26 heavy (non-hydrogen) atoms. The SMILES string of the molecule is C[N+]1(CC2CC2)CCC23c4c5ccc(O)c4O[C@H]2C(=O)CC[C@@]3(O)[C@H]1C5. The highest BCUT2D eigenvalue weighted by molar-refractivity contribution is 5.90. The summed E-state index contributed by atoms with van der Waals surface area (Å²) >= 11 is 0. The first kappa shape index (κ1) is 15.5. The van der Waals surface area contributed by atoms with E-state index in [0.717, 1.165) is 47.5 Å². The van der Waals surface area contributed by atoms with Gasteiger partial charge in [-0.15, -0.1) is 0 Å². The smallest absolute Gasteiger partial charge is 0.174 e. The number of aromatic hydroxyl groups is 1. The molecule has 5 nitrogen and oxygen atoms in total. The molecule has 2 heterocycles. The van der Waals surface area contributed by atoms with Crippen LogP contribution in [0.3, 0.4) is 0 Å². The van der Waals surface area contributed by atoms with E-state index in [1.807, 2.05) is 6.07 Å². The maximum absolute atomic E-state index is 12.8. The quantitative estimate of drug-likeness (QED) is 0.791. The number of ether oxygens (including phenoxy) is 1. The van der Waals surface area contributed by atoms with Crippen LogP contribution in [0.4, 0.5) is 0 Å². The van der Waals surface area contributed by atoms with Crippen LogP contribution in [-0.2, 0) is 16.6 Å². The molecule has 2 bridgehead atoms. The zero-order valence-corrected chi connectivity index (χ0v) is 15.2. The summed E-state index contributed by atoms with van der Waals surface area (Å²) in [6.07, 6.45) is 4.42. The van der Waals surface area contributed by atoms with Crippen molar-refractivity contribution in [3.05, 3.63) is 23.3 Å². The number of piperidine rings is 1. The Kier molecular flexibility index (Phi) is 2.65. The van der Waals surface area contributed by atoms with E-state index >= 15 is 0 Å². The number of carbonyl (C=O) groups excluding carboxylic acids is 1. The number of Topliss-reactive ketones (excluding diaryl/α,β-unsaturated/α-hetero) is 1. The number of nitrogens with zero attached hydrogens (tertiary/aromatic N) is 1. The number of rotatable bonds is 2. The van der Waals surface area contributed by atoms with Crippen LogP contribution >= 0.6 is 0 Å². The maximum Gasteiger partial charge on any atom is 0.174 e. The lowest BCUT2D eigenvalue weighted by molar-refractivity contribution is -0.950. The van der Waals surface area contributed by atoms with Crippen molar-refractivity contribution in [2.45, 2.75) is 61.7 Å². The summed E-state index contributed by atoms with van der Waals surface area (Å²) in [6.45, 7) is 2.09. The number of ketones is 1. The van der Waals surface area contributed by atoms with Crippen molar-refractivity contribution in [1.29, 1.82) is 0 Å². The van der Waals surface area contributed by atoms with E-state index in [-0.39, 0.29) is 17.6 Å². The summed E-state index contributed by atoms with van der Waals surface area (Å²) in [7, 11) is 2.31. The second-order valence-electron chi connectivity index (χ2n) is 9.61. The third kappa shape index (κ3) is 1.55. The minimum atomic E-state index is -0.931. The lowest BCUT2D eigenvalue weighted by atomic mass is 9.48. The molecule has 2 saturated carbocycles. The molecule has 138 valence electrons. The third-order valence-electron chi connectivity index (χ3n) is 8.28. The number of phenolic OH excluding ortho intramolecular Hbond substituents is 1. The van der Waals surface area contributed by atoms with Crippen LogP contribution in [0, 0.1) is 5.92 Å². The number of hydrogen-bond acceptors (Lipinski definition) is 4. The average molecular weight is 356 g/mol. The van der Waals surface area contributed by atoms with E-state index in [1.165, 1.54) is 12.8 Å². The monoisotopic (exact) mass is 356 g/mol. The van der Waals surface area contributed by atoms with Gasteiger partial charge in [-0.2, -0.15) is 0 Å². The van der Waals surface area contributed by atoms with Gasteiger partial charge in [0.1, 0.15) is 11.6 Å². The van der Waals surface area contributed by atoms with Crippen LogP contribution in [0.5, 0.6) is 11.5 Å². The molecule has 0 aromatic heterocycles. The van der Waals surface area contributed by atoms with Gasteiger partial charge in [0.15, 0.2) is 23.4 Å². The maximum atomic E-state index is 12.8. The van der Waals surface area contributed by atoms with E-state index in [1.54, 1.807) is 6.07 Å². The van der Waals surface area contributed by atoms with E-state index in [4.69, 9.17) is 4.74 Å². The lowest BCUT2D eigenvalue weighted by Crippen LogP contribution is -2.80. The number of likely N-dealkylation sites (tertiary alicyclic amines) is 1. The molecule has 5 aliphatic rings. The first-order valence-electron chi connectivity index (χ1n) is 10.0. The van der Waals surface area contributed by atoms with Crippen molar-refractivity contribution in [3.63, 3.8) is 0 Å². The number of carbonyl (C=O) groups is 1. The summed E-state index contributed by atoms with van der Waals surface area (Å²) in [6, 6.07) is 3.77. The fraction of sp³-hybridized carbons (Fsp3) is 0.667. The molecule has 0 radical (unpaired) electrons. The van der Waals surface area contributed by atoms with Crippen molar-refractivity contribution in [2.24, 2.45) is 5.92 Å². The Balaban J connectivity index is 1.60. The average Bonchev–Trinajstić information content (AvgIpc) is 3.32. The molecule has 3 aliphatic carbocycles. The predicted octanol–water partition coefficient (Wildman–Crippen LogP) is 1.67. The fourth-order valence-electron chi connectivity index (χ4n) is 6.94. The Labute approximate surface area is 153 Å². The lowest BCUT2D eigenvalue weighted by Gasteiger charge is -2.64. The molecular formula is C21H26NO4+. The van der Waals surface area contributed by atoms with Crippen molar-refractivity contribution >= 4 is 5.78 Å². The van der Waals surface area contributed by atoms with Gasteiger partial charge in [-0.25, -0.2) is 0 Å². The number of hydrogen-bond donors (Lipinski definition) is 2. The molecule has 1 spiro atoms. The van der Waals surface area contributed by atoms with Gasteiger partial charge in [0.05, 0.1) is 25.6 Å². The molecule has 0 amide bonds. The molecule has 5 heteroatoms. The first-order chi connectivity index (χ1) is 12.4. The van der Waals surface area contributed by atoms with Crippen molar-refractivity contribution in [2.75, 3.05) is 20.1 Å². The summed E-state index contributed by atoms with van der Waals surface area (Å²) in [4.78, 5) is 12.8. The standard InChI is InChI=1S/C21H25NO4/c1-22(11-12-2-3-12)9-8-20-17-13-4-5-14(23)18(17)26-19(20)15(24)6-7-21(20,25)16(22)10-13/h4-5,12,16,19,25H,2-3,6-11H2,1H3/p+1/t16-,19+,20?,21-,22?/m1/s1. The Morgan fingerprint density at radius 3 is 2.88 bits per heavy atom. The second kappa shape index (κ2) is 4.45. The zero-order chi connectivity index (χ0) is 17.9. The summed E-state index contributed by atoms with van der Waals surface area (Å²) < 4.78 is 6.98. The zero-order valence-electron chi connectivity index (χ0n) is 15.2. The van der Waals surface area contributed by atoms with E-state index < -0.39 is 17.1 Å². The molecule has 2 aliphatic heterocycles. The molecule has 3 fully saturated rings. The molecule has 5 atom stereocenters. The predicted molar refractivity (Wildman–Crippen MR) is 94.1 cm³/mol. The summed E-state index contributed by atoms with van der Waals surface area (Å²) in [5.41, 5.74) is 0.492. The second-order valence-corrected chi connectivity index (χ2v) is 9.61. The van der Waals surface area contributed by atoms with Crippen LogP contribution in [0.2, 0.25) is 0 Å². The van der Waals surface area contributed by atoms with Crippen LogP contribution in [-0.4, -0.2) is 58.4 Å². The van der Waals surface area contributed by atoms with Crippen molar-refractivity contribution in [3.8, 4) is 11.5 Å². The topological polar surface area (TPSA) is 66.8 Å². The van der Waals surface area contributed by atoms with Gasteiger partial charge < -0.3 is 19.4 Å². The van der Waals surface area contributed by atoms with E-state index in [9.17, 15) is 15.0 Å². The molecule has 1 aromatic rings. The minimum Gasteiger partial charge on any atom is -0.504 e. The highest BCUT2D eigenvalue weighted by Gasteiger charge is 2.76. The molecule has 6 rings (SSSR count). The van der Waals surface area contributed by atoms with E-state index in [2.05, 4.69) is 7.05 Å². The van der Waals surface area contributed by atoms with Gasteiger partial charge in [0.25, 0.3) is 0 Å². The first-order valence-corrected chi connectivity index (χ1v) is 10.0. The van der Waals surface area contributed by atoms with Crippen molar-refractivity contribution in [1.82, 2.24) is 0 Å². The van der Waals surface area contributed by atoms with Gasteiger partial charge in [-0.05, 0) is 30.9 Å². The Bertz CT molecular complexity index is 849. The van der Waals surface area contributed by atoms with Crippen LogP contribution in [0.15, 0.2) is 12.1 Å². The summed E-state index contributed by atoms with van der Waals surface area (Å²) in [5.74, 6) is 1.42. The molecule has 2 unspecified atom stereocenters. The van der Waals surface area contributed by atoms with Crippen molar-refractivity contribution < 1.29 is 24.2 Å². The van der Waals surface area contributed by atoms with Crippen LogP contribution in [0.1, 0.15) is 43.2 Å². The molecule has 2 N–H and O–H groups in total.